The van der Waals surface area contributed by atoms with Gasteiger partial charge in [0.2, 0.25) is 5.91 Å². The smallest absolute Gasteiger partial charge is 0.217 e. The molecule has 0 aromatic carbocycles. The molecular weight excluding hydrogens is 306 g/mol. The molecule has 0 saturated carbocycles. The molecule has 2 aromatic rings. The van der Waals surface area contributed by atoms with Gasteiger partial charge in [0.05, 0.1) is 12.2 Å². The molecule has 1 fully saturated rings. The summed E-state index contributed by atoms with van der Waals surface area (Å²) in [5, 5.41) is 2.82. The summed E-state index contributed by atoms with van der Waals surface area (Å²) < 4.78 is 0. The van der Waals surface area contributed by atoms with Crippen LogP contribution in [-0.4, -0.2) is 22.3 Å². The predicted molar refractivity (Wildman–Crippen MR) is 93.2 cm³/mol. The first-order chi connectivity index (χ1) is 11.1. The van der Waals surface area contributed by atoms with Crippen molar-refractivity contribution in [3.05, 3.63) is 51.5 Å². The Morgan fingerprint density at radius 1 is 1.43 bits per heavy atom. The lowest BCUT2D eigenvalue weighted by Gasteiger charge is -2.24. The molecule has 122 valence electrons. The number of aromatic nitrogens is 1. The molecule has 1 aliphatic heterocycles. The highest BCUT2D eigenvalue weighted by molar-refractivity contribution is 7.11. The minimum Gasteiger partial charge on any atom is -0.351 e. The van der Waals surface area contributed by atoms with Crippen LogP contribution in [0.4, 0.5) is 0 Å². The second-order valence-electron chi connectivity index (χ2n) is 6.13. The van der Waals surface area contributed by atoms with Gasteiger partial charge in [-0.3, -0.25) is 14.7 Å². The van der Waals surface area contributed by atoms with Crippen LogP contribution in [0.25, 0.3) is 0 Å². The van der Waals surface area contributed by atoms with Crippen molar-refractivity contribution in [3.8, 4) is 0 Å². The maximum Gasteiger partial charge on any atom is 0.217 e. The Hall–Kier alpha value is -1.72. The Bertz CT molecular complexity index is 682. The van der Waals surface area contributed by atoms with E-state index >= 15 is 0 Å². The summed E-state index contributed by atoms with van der Waals surface area (Å²) in [6.45, 7) is 6.36. The molecule has 1 atom stereocenters. The van der Waals surface area contributed by atoms with Gasteiger partial charge in [0.25, 0.3) is 0 Å². The van der Waals surface area contributed by atoms with Gasteiger partial charge >= 0.3 is 0 Å². The topological polar surface area (TPSA) is 45.2 Å². The standard InChI is InChI=1S/C18H23N3OS/c1-13-5-6-17(23-13)12-21-9-3-4-18(21)15-7-8-19-16(10-15)11-20-14(2)22/h5-8,10,18H,3-4,9,11-12H2,1-2H3,(H,20,22)/t18-/m0/s1. The van der Waals surface area contributed by atoms with Crippen LogP contribution >= 0.6 is 11.3 Å². The molecule has 4 nitrogen and oxygen atoms in total. The lowest BCUT2D eigenvalue weighted by atomic mass is 10.0. The van der Waals surface area contributed by atoms with Crippen molar-refractivity contribution in [2.45, 2.75) is 45.8 Å². The van der Waals surface area contributed by atoms with Gasteiger partial charge in [-0.1, -0.05) is 0 Å². The molecule has 0 bridgehead atoms. The number of carbonyl (C=O) groups is 1. The van der Waals surface area contributed by atoms with Gasteiger partial charge in [0.15, 0.2) is 0 Å². The van der Waals surface area contributed by atoms with Gasteiger partial charge in [-0.15, -0.1) is 11.3 Å². The van der Waals surface area contributed by atoms with Crippen molar-refractivity contribution in [2.24, 2.45) is 0 Å². The van der Waals surface area contributed by atoms with Gasteiger partial charge < -0.3 is 5.32 Å². The van der Waals surface area contributed by atoms with E-state index in [4.69, 9.17) is 0 Å². The van der Waals surface area contributed by atoms with Crippen molar-refractivity contribution in [2.75, 3.05) is 6.54 Å². The second-order valence-corrected chi connectivity index (χ2v) is 7.50. The Balaban J connectivity index is 1.71. The zero-order valence-electron chi connectivity index (χ0n) is 13.7. The normalized spacial score (nSPS) is 18.3. The Kier molecular flexibility index (Phi) is 5.08. The van der Waals surface area contributed by atoms with Crippen molar-refractivity contribution < 1.29 is 4.79 Å². The number of pyridine rings is 1. The van der Waals surface area contributed by atoms with Crippen LogP contribution in [0.15, 0.2) is 30.5 Å². The fraction of sp³-hybridized carbons (Fsp3) is 0.444. The number of amides is 1. The van der Waals surface area contributed by atoms with E-state index in [1.807, 2.05) is 17.5 Å². The van der Waals surface area contributed by atoms with Crippen LogP contribution in [0.2, 0.25) is 0 Å². The number of aryl methyl sites for hydroxylation is 1. The molecule has 0 unspecified atom stereocenters. The summed E-state index contributed by atoms with van der Waals surface area (Å²) in [4.78, 5) is 20.8. The van der Waals surface area contributed by atoms with E-state index in [0.29, 0.717) is 12.6 Å². The second kappa shape index (κ2) is 7.23. The summed E-state index contributed by atoms with van der Waals surface area (Å²) >= 11 is 1.88. The molecular formula is C18H23N3OS. The van der Waals surface area contributed by atoms with Crippen molar-refractivity contribution in [1.29, 1.82) is 0 Å². The third-order valence-corrected chi connectivity index (χ3v) is 5.25. The molecule has 0 aliphatic carbocycles. The predicted octanol–water partition coefficient (Wildman–Crippen LogP) is 3.42. The number of thiophene rings is 1. The van der Waals surface area contributed by atoms with Crippen LogP contribution in [0, 0.1) is 6.92 Å². The average molecular weight is 329 g/mol. The van der Waals surface area contributed by atoms with Crippen molar-refractivity contribution in [3.63, 3.8) is 0 Å². The van der Waals surface area contributed by atoms with Gasteiger partial charge in [-0.2, -0.15) is 0 Å². The summed E-state index contributed by atoms with van der Waals surface area (Å²) in [5.74, 6) is -0.0206. The first kappa shape index (κ1) is 16.1. The van der Waals surface area contributed by atoms with E-state index in [9.17, 15) is 4.79 Å². The summed E-state index contributed by atoms with van der Waals surface area (Å²) in [6.07, 6.45) is 4.28. The van der Waals surface area contributed by atoms with E-state index in [-0.39, 0.29) is 5.91 Å². The van der Waals surface area contributed by atoms with E-state index < -0.39 is 0 Å². The molecule has 1 aliphatic rings. The molecule has 0 radical (unpaired) electrons. The first-order valence-corrected chi connectivity index (χ1v) is 8.92. The molecule has 23 heavy (non-hydrogen) atoms. The highest BCUT2D eigenvalue weighted by Gasteiger charge is 2.26. The number of hydrogen-bond acceptors (Lipinski definition) is 4. The maximum atomic E-state index is 11.1. The number of likely N-dealkylation sites (tertiary alicyclic amines) is 1. The van der Waals surface area contributed by atoms with Crippen LogP contribution in [0.5, 0.6) is 0 Å². The monoisotopic (exact) mass is 329 g/mol. The third kappa shape index (κ3) is 4.18. The van der Waals surface area contributed by atoms with E-state index in [1.54, 1.807) is 0 Å². The van der Waals surface area contributed by atoms with Crippen LogP contribution in [-0.2, 0) is 17.9 Å². The zero-order chi connectivity index (χ0) is 16.2. The Labute approximate surface area is 141 Å². The number of nitrogens with zero attached hydrogens (tertiary/aromatic N) is 2. The Morgan fingerprint density at radius 3 is 3.04 bits per heavy atom. The van der Waals surface area contributed by atoms with Gasteiger partial charge in [0, 0.05) is 35.5 Å². The van der Waals surface area contributed by atoms with Gasteiger partial charge in [-0.25, -0.2) is 0 Å². The molecule has 3 rings (SSSR count). The highest BCUT2D eigenvalue weighted by Crippen LogP contribution is 2.34. The summed E-state index contributed by atoms with van der Waals surface area (Å²) in [7, 11) is 0. The molecule has 5 heteroatoms. The highest BCUT2D eigenvalue weighted by atomic mass is 32.1. The van der Waals surface area contributed by atoms with E-state index in [0.717, 1.165) is 18.8 Å². The fourth-order valence-corrected chi connectivity index (χ4v) is 4.10. The molecule has 1 saturated heterocycles. The van der Waals surface area contributed by atoms with E-state index in [1.165, 1.54) is 35.1 Å². The SMILES string of the molecule is CC(=O)NCc1cc([C@@H]2CCCN2Cc2ccc(C)s2)ccn1. The lowest BCUT2D eigenvalue weighted by molar-refractivity contribution is -0.119. The largest absolute Gasteiger partial charge is 0.351 e. The third-order valence-electron chi connectivity index (χ3n) is 4.26. The van der Waals surface area contributed by atoms with Gasteiger partial charge in [-0.05, 0) is 56.1 Å². The molecule has 1 amide bonds. The number of nitrogens with one attached hydrogen (secondary N) is 1. The fourth-order valence-electron chi connectivity index (χ4n) is 3.18. The quantitative estimate of drug-likeness (QED) is 0.914. The van der Waals surface area contributed by atoms with Crippen LogP contribution < -0.4 is 5.32 Å². The number of hydrogen-bond donors (Lipinski definition) is 1. The Morgan fingerprint density at radius 2 is 2.30 bits per heavy atom. The van der Waals surface area contributed by atoms with Crippen molar-refractivity contribution in [1.82, 2.24) is 15.2 Å². The average Bonchev–Trinajstić information content (AvgIpc) is 3.15. The van der Waals surface area contributed by atoms with E-state index in [2.05, 4.69) is 46.4 Å². The van der Waals surface area contributed by atoms with Crippen molar-refractivity contribution >= 4 is 17.2 Å². The first-order valence-electron chi connectivity index (χ1n) is 8.10. The molecule has 3 heterocycles. The van der Waals surface area contributed by atoms with Crippen LogP contribution in [0.1, 0.15) is 46.8 Å². The molecule has 2 aromatic heterocycles. The summed E-state index contributed by atoms with van der Waals surface area (Å²) in [5.41, 5.74) is 2.24. The minimum atomic E-state index is -0.0206. The maximum absolute atomic E-state index is 11.1. The zero-order valence-corrected chi connectivity index (χ0v) is 14.5. The number of carbonyl (C=O) groups excluding carboxylic acids is 1. The lowest BCUT2D eigenvalue weighted by Crippen LogP contribution is -2.23. The minimum absolute atomic E-state index is 0.0206. The number of rotatable bonds is 5. The van der Waals surface area contributed by atoms with Gasteiger partial charge in [0.1, 0.15) is 0 Å². The van der Waals surface area contributed by atoms with Crippen LogP contribution in [0.3, 0.4) is 0 Å². The molecule has 1 N–H and O–H groups in total. The molecule has 0 spiro atoms. The summed E-state index contributed by atoms with van der Waals surface area (Å²) in [6, 6.07) is 9.14.